The molecule has 0 saturated carbocycles. The first kappa shape index (κ1) is 13.1. The fraction of sp³-hybridized carbons (Fsp3) is 0.0714. The molecule has 3 rings (SSSR count). The summed E-state index contributed by atoms with van der Waals surface area (Å²) in [5.41, 5.74) is 8.41. The number of hydrogen-bond donors (Lipinski definition) is 1. The van der Waals surface area contributed by atoms with Gasteiger partial charge in [0, 0.05) is 7.05 Å². The predicted molar refractivity (Wildman–Crippen MR) is 81.3 cm³/mol. The van der Waals surface area contributed by atoms with Crippen molar-refractivity contribution < 1.29 is 4.39 Å². The van der Waals surface area contributed by atoms with Gasteiger partial charge in [0.1, 0.15) is 17.3 Å². The zero-order valence-corrected chi connectivity index (χ0v) is 12.2. The van der Waals surface area contributed by atoms with E-state index in [1.165, 1.54) is 23.5 Å². The van der Waals surface area contributed by atoms with Gasteiger partial charge in [0.2, 0.25) is 0 Å². The van der Waals surface area contributed by atoms with Gasteiger partial charge < -0.3 is 5.73 Å². The Morgan fingerprint density at radius 2 is 1.95 bits per heavy atom. The van der Waals surface area contributed by atoms with Crippen molar-refractivity contribution in [1.82, 2.24) is 9.78 Å². The zero-order valence-electron chi connectivity index (χ0n) is 10.6. The van der Waals surface area contributed by atoms with E-state index in [9.17, 15) is 4.39 Å². The lowest BCUT2D eigenvalue weighted by molar-refractivity contribution is 0.628. The molecule has 0 bridgehead atoms. The average Bonchev–Trinajstić information content (AvgIpc) is 2.96. The number of halogens is 2. The summed E-state index contributed by atoms with van der Waals surface area (Å²) in [5, 5.41) is 6.97. The van der Waals surface area contributed by atoms with Gasteiger partial charge >= 0.3 is 0 Å². The van der Waals surface area contributed by atoms with Gasteiger partial charge in [-0.25, -0.2) is 4.39 Å². The number of nitrogens with two attached hydrogens (primary N) is 1. The largest absolute Gasteiger partial charge is 0.383 e. The third-order valence-electron chi connectivity index (χ3n) is 3.06. The van der Waals surface area contributed by atoms with E-state index in [0.717, 1.165) is 21.7 Å². The Morgan fingerprint density at radius 1 is 1.25 bits per heavy atom. The highest BCUT2D eigenvalue weighted by molar-refractivity contribution is 7.14. The maximum atomic E-state index is 13.1. The van der Waals surface area contributed by atoms with E-state index >= 15 is 0 Å². The van der Waals surface area contributed by atoms with Crippen LogP contribution < -0.4 is 5.73 Å². The van der Waals surface area contributed by atoms with E-state index < -0.39 is 0 Å². The first-order valence-corrected chi connectivity index (χ1v) is 7.15. The quantitative estimate of drug-likeness (QED) is 0.771. The SMILES string of the molecule is Cn1nc(-c2sccc2Cl)c(-c2ccc(F)cc2)c1N. The van der Waals surface area contributed by atoms with Crippen LogP contribution in [0.1, 0.15) is 0 Å². The number of thiophene rings is 1. The van der Waals surface area contributed by atoms with E-state index in [0.29, 0.717) is 10.8 Å². The molecule has 0 saturated heterocycles. The van der Waals surface area contributed by atoms with Gasteiger partial charge in [0.15, 0.2) is 0 Å². The molecule has 2 N–H and O–H groups in total. The van der Waals surface area contributed by atoms with E-state index in [1.54, 1.807) is 23.9 Å². The Labute approximate surface area is 124 Å². The third-order valence-corrected chi connectivity index (χ3v) is 4.40. The van der Waals surface area contributed by atoms with Gasteiger partial charge in [-0.1, -0.05) is 23.7 Å². The Bertz CT molecular complexity index is 761. The third kappa shape index (κ3) is 2.09. The second-order valence-electron chi connectivity index (χ2n) is 4.34. The molecule has 0 unspecified atom stereocenters. The van der Waals surface area contributed by atoms with E-state index in [-0.39, 0.29) is 5.82 Å². The van der Waals surface area contributed by atoms with E-state index in [2.05, 4.69) is 5.10 Å². The number of nitrogens with zero attached hydrogens (tertiary/aromatic N) is 2. The minimum absolute atomic E-state index is 0.285. The summed E-state index contributed by atoms with van der Waals surface area (Å²) in [6, 6.07) is 8.01. The van der Waals surface area contributed by atoms with Gasteiger partial charge in [-0.05, 0) is 29.1 Å². The number of rotatable bonds is 2. The summed E-state index contributed by atoms with van der Waals surface area (Å²) in [6.45, 7) is 0. The van der Waals surface area contributed by atoms with Crippen molar-refractivity contribution in [3.05, 3.63) is 46.6 Å². The lowest BCUT2D eigenvalue weighted by Crippen LogP contribution is -1.97. The summed E-state index contributed by atoms with van der Waals surface area (Å²) in [4.78, 5) is 0.860. The van der Waals surface area contributed by atoms with Crippen LogP contribution in [0.2, 0.25) is 5.02 Å². The van der Waals surface area contributed by atoms with Gasteiger partial charge in [0.05, 0.1) is 15.5 Å². The van der Waals surface area contributed by atoms with Crippen molar-refractivity contribution in [2.45, 2.75) is 0 Å². The topological polar surface area (TPSA) is 43.8 Å². The Morgan fingerprint density at radius 3 is 2.55 bits per heavy atom. The predicted octanol–water partition coefficient (Wildman–Crippen LogP) is 4.19. The minimum atomic E-state index is -0.285. The highest BCUT2D eigenvalue weighted by Crippen LogP contribution is 2.41. The first-order valence-electron chi connectivity index (χ1n) is 5.89. The zero-order chi connectivity index (χ0) is 14.3. The molecule has 0 radical (unpaired) electrons. The molecule has 20 heavy (non-hydrogen) atoms. The van der Waals surface area contributed by atoms with E-state index in [4.69, 9.17) is 17.3 Å². The number of aryl methyl sites for hydroxylation is 1. The molecule has 0 atom stereocenters. The molecule has 0 spiro atoms. The normalized spacial score (nSPS) is 10.9. The first-order chi connectivity index (χ1) is 9.58. The Balaban J connectivity index is 2.25. The van der Waals surface area contributed by atoms with Gasteiger partial charge in [0.25, 0.3) is 0 Å². The Kier molecular flexibility index (Phi) is 3.23. The molecule has 0 aliphatic heterocycles. The number of aromatic nitrogens is 2. The fourth-order valence-electron chi connectivity index (χ4n) is 2.06. The molecule has 0 fully saturated rings. The number of nitrogen functional groups attached to an aromatic ring is 1. The molecule has 2 aromatic heterocycles. The highest BCUT2D eigenvalue weighted by atomic mass is 35.5. The number of anilines is 1. The molecular formula is C14H11ClFN3S. The lowest BCUT2D eigenvalue weighted by Gasteiger charge is -2.03. The van der Waals surface area contributed by atoms with Crippen molar-refractivity contribution in [2.75, 3.05) is 5.73 Å². The summed E-state index contributed by atoms with van der Waals surface area (Å²) in [6.07, 6.45) is 0. The van der Waals surface area contributed by atoms with Crippen LogP contribution in [0.15, 0.2) is 35.7 Å². The molecule has 3 aromatic rings. The van der Waals surface area contributed by atoms with Crippen LogP contribution in [0.3, 0.4) is 0 Å². The van der Waals surface area contributed by atoms with Gasteiger partial charge in [-0.15, -0.1) is 11.3 Å². The standard InChI is InChI=1S/C14H11ClFN3S/c1-19-14(17)11(8-2-4-9(16)5-3-8)12(18-19)13-10(15)6-7-20-13/h2-7H,17H2,1H3. The van der Waals surface area contributed by atoms with E-state index in [1.807, 2.05) is 11.4 Å². The molecule has 2 heterocycles. The minimum Gasteiger partial charge on any atom is -0.383 e. The maximum absolute atomic E-state index is 13.1. The van der Waals surface area contributed by atoms with Crippen LogP contribution in [-0.4, -0.2) is 9.78 Å². The molecule has 0 aliphatic rings. The van der Waals surface area contributed by atoms with Crippen molar-refractivity contribution in [3.8, 4) is 21.7 Å². The van der Waals surface area contributed by atoms with Crippen molar-refractivity contribution >= 4 is 28.8 Å². The monoisotopic (exact) mass is 307 g/mol. The van der Waals surface area contributed by atoms with Crippen LogP contribution in [0.25, 0.3) is 21.7 Å². The summed E-state index contributed by atoms with van der Waals surface area (Å²) >= 11 is 7.68. The number of benzene rings is 1. The molecule has 3 nitrogen and oxygen atoms in total. The molecular weight excluding hydrogens is 297 g/mol. The molecule has 6 heteroatoms. The van der Waals surface area contributed by atoms with Crippen LogP contribution in [0.5, 0.6) is 0 Å². The van der Waals surface area contributed by atoms with Crippen LogP contribution >= 0.6 is 22.9 Å². The van der Waals surface area contributed by atoms with Crippen molar-refractivity contribution in [3.63, 3.8) is 0 Å². The van der Waals surface area contributed by atoms with Crippen LogP contribution in [0, 0.1) is 5.82 Å². The van der Waals surface area contributed by atoms with Gasteiger partial charge in [-0.2, -0.15) is 5.10 Å². The van der Waals surface area contributed by atoms with Crippen molar-refractivity contribution in [2.24, 2.45) is 7.05 Å². The molecule has 1 aromatic carbocycles. The molecule has 0 aliphatic carbocycles. The highest BCUT2D eigenvalue weighted by Gasteiger charge is 2.20. The summed E-state index contributed by atoms with van der Waals surface area (Å²) in [7, 11) is 1.77. The van der Waals surface area contributed by atoms with Crippen LogP contribution in [0.4, 0.5) is 10.2 Å². The second kappa shape index (κ2) is 4.92. The summed E-state index contributed by atoms with van der Waals surface area (Å²) in [5.74, 6) is 0.239. The smallest absolute Gasteiger partial charge is 0.129 e. The summed E-state index contributed by atoms with van der Waals surface area (Å²) < 4.78 is 14.7. The second-order valence-corrected chi connectivity index (χ2v) is 5.66. The Hall–Kier alpha value is -1.85. The lowest BCUT2D eigenvalue weighted by atomic mass is 10.0. The van der Waals surface area contributed by atoms with Crippen molar-refractivity contribution in [1.29, 1.82) is 0 Å². The van der Waals surface area contributed by atoms with Crippen LogP contribution in [-0.2, 0) is 7.05 Å². The molecule has 102 valence electrons. The van der Waals surface area contributed by atoms with Gasteiger partial charge in [-0.3, -0.25) is 4.68 Å². The fourth-order valence-corrected chi connectivity index (χ4v) is 3.20. The average molecular weight is 308 g/mol. The molecule has 0 amide bonds. The maximum Gasteiger partial charge on any atom is 0.129 e. The number of hydrogen-bond acceptors (Lipinski definition) is 3.